The molecule has 0 saturated heterocycles. The number of carbonyl (C=O) groups excluding carboxylic acids is 1. The highest BCUT2D eigenvalue weighted by atomic mass is 16.5. The summed E-state index contributed by atoms with van der Waals surface area (Å²) in [5.74, 6) is 0.686. The Morgan fingerprint density at radius 2 is 2.05 bits per heavy atom. The Morgan fingerprint density at radius 3 is 2.71 bits per heavy atom. The van der Waals surface area contributed by atoms with Gasteiger partial charge in [0.2, 0.25) is 0 Å². The average Bonchev–Trinajstić information content (AvgIpc) is 2.46. The Morgan fingerprint density at radius 1 is 1.29 bits per heavy atom. The Bertz CT molecular complexity index is 555. The van der Waals surface area contributed by atoms with E-state index in [9.17, 15) is 4.79 Å². The van der Waals surface area contributed by atoms with Crippen molar-refractivity contribution < 1.29 is 14.3 Å². The molecule has 0 spiro atoms. The maximum absolute atomic E-state index is 11.7. The van der Waals surface area contributed by atoms with E-state index in [0.717, 1.165) is 30.6 Å². The molecule has 2 rings (SSSR count). The Balaban J connectivity index is 2.40. The van der Waals surface area contributed by atoms with Crippen LogP contribution in [-0.2, 0) is 9.53 Å². The number of hydrogen-bond donors (Lipinski definition) is 0. The van der Waals surface area contributed by atoms with E-state index in [1.165, 1.54) is 18.3 Å². The smallest absolute Gasteiger partial charge is 0.309 e. The summed E-state index contributed by atoms with van der Waals surface area (Å²) in [6, 6.07) is 8.08. The van der Waals surface area contributed by atoms with Gasteiger partial charge in [0.05, 0.1) is 20.6 Å². The molecule has 1 aromatic rings. The van der Waals surface area contributed by atoms with Crippen LogP contribution >= 0.6 is 0 Å². The molecule has 0 aromatic heterocycles. The van der Waals surface area contributed by atoms with Gasteiger partial charge in [-0.25, -0.2) is 0 Å². The van der Waals surface area contributed by atoms with Crippen LogP contribution in [0.25, 0.3) is 5.57 Å². The second-order valence-electron chi connectivity index (χ2n) is 6.41. The van der Waals surface area contributed by atoms with E-state index in [2.05, 4.69) is 19.9 Å². The molecule has 1 aliphatic carbocycles. The number of allylic oxidation sites excluding steroid dienone is 1. The monoisotopic (exact) mass is 288 g/mol. The summed E-state index contributed by atoms with van der Waals surface area (Å²) in [5, 5.41) is 0. The van der Waals surface area contributed by atoms with Crippen LogP contribution in [0.1, 0.15) is 45.1 Å². The van der Waals surface area contributed by atoms with Crippen molar-refractivity contribution in [3.63, 3.8) is 0 Å². The van der Waals surface area contributed by atoms with Crippen LogP contribution in [0, 0.1) is 5.41 Å². The van der Waals surface area contributed by atoms with E-state index in [4.69, 9.17) is 9.47 Å². The topological polar surface area (TPSA) is 35.5 Å². The van der Waals surface area contributed by atoms with E-state index in [-0.39, 0.29) is 11.4 Å². The van der Waals surface area contributed by atoms with Crippen LogP contribution in [0.5, 0.6) is 5.75 Å². The fourth-order valence-electron chi connectivity index (χ4n) is 2.99. The molecular weight excluding hydrogens is 264 g/mol. The minimum atomic E-state index is -0.164. The highest BCUT2D eigenvalue weighted by Gasteiger charge is 2.28. The third-order valence-electron chi connectivity index (χ3n) is 4.17. The number of hydrogen-bond acceptors (Lipinski definition) is 3. The van der Waals surface area contributed by atoms with Gasteiger partial charge < -0.3 is 9.47 Å². The lowest BCUT2D eigenvalue weighted by Crippen LogP contribution is -2.20. The molecule has 0 aliphatic heterocycles. The number of rotatable bonds is 4. The molecule has 3 heteroatoms. The highest BCUT2D eigenvalue weighted by molar-refractivity contribution is 5.79. The zero-order valence-electron chi connectivity index (χ0n) is 13.4. The lowest BCUT2D eigenvalue weighted by molar-refractivity contribution is -0.139. The van der Waals surface area contributed by atoms with E-state index in [1.54, 1.807) is 7.11 Å². The first kappa shape index (κ1) is 15.6. The van der Waals surface area contributed by atoms with Crippen LogP contribution < -0.4 is 4.74 Å². The van der Waals surface area contributed by atoms with Gasteiger partial charge in [0, 0.05) is 0 Å². The third-order valence-corrected chi connectivity index (χ3v) is 4.17. The lowest BCUT2D eigenvalue weighted by atomic mass is 9.72. The zero-order chi connectivity index (χ0) is 15.5. The van der Waals surface area contributed by atoms with E-state index >= 15 is 0 Å². The molecule has 0 amide bonds. The van der Waals surface area contributed by atoms with E-state index in [0.29, 0.717) is 6.42 Å². The second-order valence-corrected chi connectivity index (χ2v) is 6.41. The fourth-order valence-corrected chi connectivity index (χ4v) is 2.99. The molecule has 0 saturated carbocycles. The highest BCUT2D eigenvalue weighted by Crippen LogP contribution is 2.43. The molecule has 1 aromatic carbocycles. The minimum absolute atomic E-state index is 0.164. The maximum Gasteiger partial charge on any atom is 0.309 e. The molecule has 0 fully saturated rings. The predicted molar refractivity (Wildman–Crippen MR) is 84.2 cm³/mol. The number of methoxy groups -OCH3 is 2. The maximum atomic E-state index is 11.7. The third kappa shape index (κ3) is 3.87. The first-order valence-electron chi connectivity index (χ1n) is 7.37. The van der Waals surface area contributed by atoms with Gasteiger partial charge in [0.1, 0.15) is 5.75 Å². The fraction of sp³-hybridized carbons (Fsp3) is 0.500. The van der Waals surface area contributed by atoms with Crippen LogP contribution in [-0.4, -0.2) is 20.2 Å². The normalized spacial score (nSPS) is 17.5. The number of carbonyl (C=O) groups is 1. The molecule has 21 heavy (non-hydrogen) atoms. The Hall–Kier alpha value is -1.77. The molecule has 0 unspecified atom stereocenters. The molecule has 1 aliphatic rings. The van der Waals surface area contributed by atoms with Gasteiger partial charge >= 0.3 is 5.97 Å². The summed E-state index contributed by atoms with van der Waals surface area (Å²) in [5.41, 5.74) is 3.87. The zero-order valence-corrected chi connectivity index (χ0v) is 13.4. The van der Waals surface area contributed by atoms with Gasteiger partial charge in [-0.1, -0.05) is 31.6 Å². The molecule has 114 valence electrons. The van der Waals surface area contributed by atoms with E-state index < -0.39 is 0 Å². The van der Waals surface area contributed by atoms with Crippen molar-refractivity contribution in [3.8, 4) is 5.75 Å². The van der Waals surface area contributed by atoms with Gasteiger partial charge in [-0.2, -0.15) is 0 Å². The minimum Gasteiger partial charge on any atom is -0.497 e. The summed E-state index contributed by atoms with van der Waals surface area (Å²) >= 11 is 0. The molecule has 3 nitrogen and oxygen atoms in total. The van der Waals surface area contributed by atoms with Gasteiger partial charge in [0.15, 0.2) is 0 Å². The van der Waals surface area contributed by atoms with Crippen molar-refractivity contribution in [2.75, 3.05) is 14.2 Å². The molecule has 0 radical (unpaired) electrons. The molecule has 0 heterocycles. The van der Waals surface area contributed by atoms with Gasteiger partial charge in [0.25, 0.3) is 0 Å². The summed E-state index contributed by atoms with van der Waals surface area (Å²) in [6.45, 7) is 4.51. The Kier molecular flexibility index (Phi) is 4.71. The number of ether oxygens (including phenoxy) is 2. The summed E-state index contributed by atoms with van der Waals surface area (Å²) in [6.07, 6.45) is 3.44. The summed E-state index contributed by atoms with van der Waals surface area (Å²) in [7, 11) is 3.12. The summed E-state index contributed by atoms with van der Waals surface area (Å²) < 4.78 is 10.2. The van der Waals surface area contributed by atoms with Crippen LogP contribution in [0.2, 0.25) is 0 Å². The van der Waals surface area contributed by atoms with Crippen molar-refractivity contribution in [2.45, 2.75) is 39.5 Å². The van der Waals surface area contributed by atoms with Gasteiger partial charge in [-0.05, 0) is 47.9 Å². The number of benzene rings is 1. The average molecular weight is 288 g/mol. The quantitative estimate of drug-likeness (QED) is 0.778. The molecule has 0 N–H and O–H groups in total. The van der Waals surface area contributed by atoms with Crippen molar-refractivity contribution in [3.05, 3.63) is 35.4 Å². The molecule has 0 bridgehead atoms. The van der Waals surface area contributed by atoms with Crippen molar-refractivity contribution in [2.24, 2.45) is 5.41 Å². The van der Waals surface area contributed by atoms with Gasteiger partial charge in [-0.3, -0.25) is 4.79 Å². The second kappa shape index (κ2) is 6.33. The first-order chi connectivity index (χ1) is 9.95. The van der Waals surface area contributed by atoms with Crippen molar-refractivity contribution >= 4 is 11.5 Å². The first-order valence-corrected chi connectivity index (χ1v) is 7.37. The Labute approximate surface area is 127 Å². The van der Waals surface area contributed by atoms with Crippen LogP contribution in [0.4, 0.5) is 0 Å². The van der Waals surface area contributed by atoms with Crippen molar-refractivity contribution in [1.82, 2.24) is 0 Å². The largest absolute Gasteiger partial charge is 0.497 e. The van der Waals surface area contributed by atoms with E-state index in [1.807, 2.05) is 18.2 Å². The SMILES string of the molecule is COC(=O)CC1=C(c2cccc(OC)c2)CCC(C)(C)C1. The number of esters is 1. The van der Waals surface area contributed by atoms with Crippen molar-refractivity contribution in [1.29, 1.82) is 0 Å². The molecular formula is C18H24O3. The molecule has 0 atom stereocenters. The van der Waals surface area contributed by atoms with Gasteiger partial charge in [-0.15, -0.1) is 0 Å². The lowest BCUT2D eigenvalue weighted by Gasteiger charge is -2.33. The predicted octanol–water partition coefficient (Wildman–Crippen LogP) is 4.22. The van der Waals surface area contributed by atoms with Crippen LogP contribution in [0.15, 0.2) is 29.8 Å². The standard InChI is InChI=1S/C18H24O3/c1-18(2)9-8-16(14(12-18)11-17(19)21-4)13-6-5-7-15(10-13)20-3/h5-7,10H,8-9,11-12H2,1-4H3. The summed E-state index contributed by atoms with van der Waals surface area (Å²) in [4.78, 5) is 11.7. The van der Waals surface area contributed by atoms with Crippen LogP contribution in [0.3, 0.4) is 0 Å².